The van der Waals surface area contributed by atoms with Crippen LogP contribution in [0.2, 0.25) is 0 Å². The molecule has 0 spiro atoms. The molecule has 1 aromatic rings. The molecule has 21 heavy (non-hydrogen) atoms. The number of para-hydroxylation sites is 1. The van der Waals surface area contributed by atoms with Crippen molar-refractivity contribution in [1.29, 1.82) is 0 Å². The van der Waals surface area contributed by atoms with Crippen molar-refractivity contribution >= 4 is 33.7 Å². The molecular weight excluding hydrogens is 354 g/mol. The summed E-state index contributed by atoms with van der Waals surface area (Å²) >= 11 is 5.32. The zero-order valence-electron chi connectivity index (χ0n) is 11.7. The summed E-state index contributed by atoms with van der Waals surface area (Å²) in [7, 11) is 0. The number of halogens is 1. The number of hydrogen-bond donors (Lipinski definition) is 2. The topological polar surface area (TPSA) is 71.1 Å². The van der Waals surface area contributed by atoms with E-state index in [4.69, 9.17) is 10.5 Å². The average molecular weight is 374 g/mol. The van der Waals surface area contributed by atoms with Crippen molar-refractivity contribution in [3.05, 3.63) is 28.7 Å². The molecule has 1 saturated heterocycles. The summed E-state index contributed by atoms with van der Waals surface area (Å²) in [5.41, 5.74) is 5.94. The van der Waals surface area contributed by atoms with Crippen molar-refractivity contribution in [3.8, 4) is 5.75 Å². The normalized spacial score (nSPS) is 17.6. The van der Waals surface area contributed by atoms with Gasteiger partial charge in [0.1, 0.15) is 18.5 Å². The first-order valence-corrected chi connectivity index (χ1v) is 8.79. The Morgan fingerprint density at radius 3 is 2.86 bits per heavy atom. The molecule has 1 aliphatic rings. The lowest BCUT2D eigenvalue weighted by Crippen LogP contribution is -2.43. The molecular formula is C14H20BrN3O2S. The van der Waals surface area contributed by atoms with Gasteiger partial charge in [0.2, 0.25) is 0 Å². The van der Waals surface area contributed by atoms with E-state index in [1.54, 1.807) is 0 Å². The van der Waals surface area contributed by atoms with Gasteiger partial charge in [-0.05, 0) is 28.1 Å². The minimum Gasteiger partial charge on any atom is -0.490 e. The highest BCUT2D eigenvalue weighted by atomic mass is 79.9. The number of hydrogen-bond acceptors (Lipinski definition) is 4. The molecule has 2 rings (SSSR count). The third-order valence-electron chi connectivity index (χ3n) is 3.07. The smallest absolute Gasteiger partial charge is 0.191 e. The van der Waals surface area contributed by atoms with Gasteiger partial charge >= 0.3 is 0 Å². The van der Waals surface area contributed by atoms with E-state index in [-0.39, 0.29) is 13.2 Å². The van der Waals surface area contributed by atoms with Gasteiger partial charge in [0.05, 0.1) is 11.0 Å². The Labute approximate surface area is 137 Å². The van der Waals surface area contributed by atoms with Gasteiger partial charge in [-0.25, -0.2) is 0 Å². The number of aliphatic imine (C=N–C) groups is 1. The Balaban J connectivity index is 1.76. The molecule has 0 radical (unpaired) electrons. The molecule has 0 saturated carbocycles. The number of benzene rings is 1. The van der Waals surface area contributed by atoms with Crippen LogP contribution in [0.4, 0.5) is 0 Å². The number of ether oxygens (including phenoxy) is 1. The summed E-state index contributed by atoms with van der Waals surface area (Å²) in [6.45, 7) is 2.28. The SMILES string of the molecule is NC(=NCC(O)COc1ccccc1Br)N1CCSCC1. The fourth-order valence-electron chi connectivity index (χ4n) is 1.89. The van der Waals surface area contributed by atoms with Crippen molar-refractivity contribution in [2.45, 2.75) is 6.10 Å². The van der Waals surface area contributed by atoms with Gasteiger partial charge in [-0.2, -0.15) is 11.8 Å². The first kappa shape index (κ1) is 16.5. The monoisotopic (exact) mass is 373 g/mol. The maximum absolute atomic E-state index is 9.92. The molecule has 1 aliphatic heterocycles. The number of aliphatic hydroxyl groups excluding tert-OH is 1. The molecule has 1 heterocycles. The molecule has 7 heteroatoms. The van der Waals surface area contributed by atoms with Crippen LogP contribution in [0.25, 0.3) is 0 Å². The summed E-state index contributed by atoms with van der Waals surface area (Å²) in [6.07, 6.45) is -0.671. The zero-order chi connectivity index (χ0) is 15.1. The van der Waals surface area contributed by atoms with Gasteiger partial charge in [-0.3, -0.25) is 4.99 Å². The second-order valence-corrected chi connectivity index (χ2v) is 6.77. The third kappa shape index (κ3) is 5.41. The number of aliphatic hydroxyl groups is 1. The highest BCUT2D eigenvalue weighted by molar-refractivity contribution is 9.10. The minimum absolute atomic E-state index is 0.190. The van der Waals surface area contributed by atoms with Gasteiger partial charge in [-0.1, -0.05) is 12.1 Å². The second kappa shape index (κ2) is 8.51. The maximum atomic E-state index is 9.92. The molecule has 0 aromatic heterocycles. The molecule has 0 amide bonds. The van der Waals surface area contributed by atoms with Gasteiger partial charge in [0.15, 0.2) is 5.96 Å². The predicted molar refractivity (Wildman–Crippen MR) is 91.0 cm³/mol. The molecule has 5 nitrogen and oxygen atoms in total. The lowest BCUT2D eigenvalue weighted by Gasteiger charge is -2.27. The van der Waals surface area contributed by atoms with Crippen molar-refractivity contribution in [1.82, 2.24) is 4.90 Å². The van der Waals surface area contributed by atoms with Crippen LogP contribution in [-0.2, 0) is 0 Å². The summed E-state index contributed by atoms with van der Waals surface area (Å²) in [5.74, 6) is 3.37. The highest BCUT2D eigenvalue weighted by Crippen LogP contribution is 2.23. The van der Waals surface area contributed by atoms with Crippen molar-refractivity contribution < 1.29 is 9.84 Å². The second-order valence-electron chi connectivity index (χ2n) is 4.69. The predicted octanol–water partition coefficient (Wildman–Crippen LogP) is 1.55. The van der Waals surface area contributed by atoms with E-state index < -0.39 is 6.10 Å². The molecule has 0 bridgehead atoms. The fourth-order valence-corrected chi connectivity index (χ4v) is 3.19. The summed E-state index contributed by atoms with van der Waals surface area (Å²) in [6, 6.07) is 7.54. The highest BCUT2D eigenvalue weighted by Gasteiger charge is 2.13. The summed E-state index contributed by atoms with van der Waals surface area (Å²) in [4.78, 5) is 6.31. The number of guanidine groups is 1. The largest absolute Gasteiger partial charge is 0.490 e. The quantitative estimate of drug-likeness (QED) is 0.605. The van der Waals surface area contributed by atoms with Crippen LogP contribution < -0.4 is 10.5 Å². The number of nitrogens with zero attached hydrogens (tertiary/aromatic N) is 2. The standard InChI is InChI=1S/C14H20BrN3O2S/c15-12-3-1-2-4-13(12)20-10-11(19)9-17-14(16)18-5-7-21-8-6-18/h1-4,11,19H,5-10H2,(H2,16,17). The average Bonchev–Trinajstić information content (AvgIpc) is 2.52. The number of rotatable bonds is 5. The van der Waals surface area contributed by atoms with Crippen LogP contribution in [0.15, 0.2) is 33.7 Å². The van der Waals surface area contributed by atoms with Crippen LogP contribution >= 0.6 is 27.7 Å². The van der Waals surface area contributed by atoms with E-state index >= 15 is 0 Å². The van der Waals surface area contributed by atoms with Crippen LogP contribution in [0, 0.1) is 0 Å². The van der Waals surface area contributed by atoms with Gasteiger partial charge in [0, 0.05) is 24.6 Å². The molecule has 1 aromatic carbocycles. The Morgan fingerprint density at radius 1 is 1.43 bits per heavy atom. The van der Waals surface area contributed by atoms with Gasteiger partial charge in [0.25, 0.3) is 0 Å². The third-order valence-corrected chi connectivity index (χ3v) is 4.66. The van der Waals surface area contributed by atoms with E-state index in [9.17, 15) is 5.11 Å². The molecule has 0 aliphatic carbocycles. The molecule has 116 valence electrons. The van der Waals surface area contributed by atoms with Crippen molar-refractivity contribution in [2.24, 2.45) is 10.7 Å². The van der Waals surface area contributed by atoms with Crippen LogP contribution in [0.3, 0.4) is 0 Å². The van der Waals surface area contributed by atoms with Crippen molar-refractivity contribution in [3.63, 3.8) is 0 Å². The maximum Gasteiger partial charge on any atom is 0.191 e. The number of nitrogens with two attached hydrogens (primary N) is 1. The Bertz CT molecular complexity index is 481. The van der Waals surface area contributed by atoms with Gasteiger partial charge in [-0.15, -0.1) is 0 Å². The Hall–Kier alpha value is -0.920. The Kier molecular flexibility index (Phi) is 6.66. The first-order chi connectivity index (χ1) is 10.2. The first-order valence-electron chi connectivity index (χ1n) is 6.85. The summed E-state index contributed by atoms with van der Waals surface area (Å²) < 4.78 is 6.42. The van der Waals surface area contributed by atoms with E-state index in [2.05, 4.69) is 25.8 Å². The molecule has 1 atom stereocenters. The minimum atomic E-state index is -0.671. The van der Waals surface area contributed by atoms with E-state index in [1.165, 1.54) is 0 Å². The van der Waals surface area contributed by atoms with E-state index in [0.717, 1.165) is 29.1 Å². The molecule has 3 N–H and O–H groups in total. The van der Waals surface area contributed by atoms with Gasteiger partial charge < -0.3 is 20.5 Å². The number of thioether (sulfide) groups is 1. The summed E-state index contributed by atoms with van der Waals surface area (Å²) in [5, 5.41) is 9.92. The van der Waals surface area contributed by atoms with Crippen LogP contribution in [0.5, 0.6) is 5.75 Å². The molecule has 1 unspecified atom stereocenters. The van der Waals surface area contributed by atoms with E-state index in [0.29, 0.717) is 11.7 Å². The molecule has 1 fully saturated rings. The lowest BCUT2D eigenvalue weighted by atomic mass is 10.3. The zero-order valence-corrected chi connectivity index (χ0v) is 14.1. The van der Waals surface area contributed by atoms with Crippen LogP contribution in [0.1, 0.15) is 0 Å². The van der Waals surface area contributed by atoms with Crippen molar-refractivity contribution in [2.75, 3.05) is 37.7 Å². The Morgan fingerprint density at radius 2 is 2.14 bits per heavy atom. The van der Waals surface area contributed by atoms with E-state index in [1.807, 2.05) is 36.0 Å². The lowest BCUT2D eigenvalue weighted by molar-refractivity contribution is 0.114. The van der Waals surface area contributed by atoms with Crippen LogP contribution in [-0.4, -0.2) is 59.8 Å². The fraction of sp³-hybridized carbons (Fsp3) is 0.500.